The molecule has 2 rings (SSSR count). The van der Waals surface area contributed by atoms with E-state index in [1.54, 1.807) is 20.3 Å². The Morgan fingerprint density at radius 2 is 1.88 bits per heavy atom. The Bertz CT molecular complexity index is 719. The smallest absolute Gasteiger partial charge is 0.270 e. The van der Waals surface area contributed by atoms with E-state index in [0.717, 1.165) is 5.56 Å². The minimum absolute atomic E-state index is 0.203. The topological polar surface area (TPSA) is 85.4 Å². The first-order valence-electron chi connectivity index (χ1n) is 8.08. The number of hydrogen-bond acceptors (Lipinski definition) is 6. The number of amides is 1. The highest BCUT2D eigenvalue weighted by atomic mass is 16.5. The average molecular weight is 344 g/mol. The minimum atomic E-state index is -0.203. The molecule has 0 saturated carbocycles. The van der Waals surface area contributed by atoms with Crippen molar-refractivity contribution in [3.63, 3.8) is 0 Å². The lowest BCUT2D eigenvalue weighted by Gasteiger charge is -2.11. The second-order valence-electron chi connectivity index (χ2n) is 5.94. The number of methoxy groups -OCH3 is 2. The number of aromatic nitrogens is 2. The van der Waals surface area contributed by atoms with Gasteiger partial charge in [-0.25, -0.2) is 9.97 Å². The fourth-order valence-corrected chi connectivity index (χ4v) is 2.15. The summed E-state index contributed by atoms with van der Waals surface area (Å²) in [4.78, 5) is 20.2. The summed E-state index contributed by atoms with van der Waals surface area (Å²) in [6, 6.07) is 7.31. The zero-order valence-corrected chi connectivity index (χ0v) is 15.0. The van der Waals surface area contributed by atoms with Crippen molar-refractivity contribution in [3.05, 3.63) is 41.9 Å². The van der Waals surface area contributed by atoms with E-state index >= 15 is 0 Å². The third-order valence-electron chi connectivity index (χ3n) is 3.49. The Morgan fingerprint density at radius 3 is 2.56 bits per heavy atom. The van der Waals surface area contributed by atoms with E-state index in [4.69, 9.17) is 9.47 Å². The third-order valence-corrected chi connectivity index (χ3v) is 3.49. The van der Waals surface area contributed by atoms with Crippen LogP contribution in [-0.4, -0.2) is 36.6 Å². The molecule has 0 saturated heterocycles. The van der Waals surface area contributed by atoms with Crippen LogP contribution in [0, 0.1) is 5.92 Å². The van der Waals surface area contributed by atoms with E-state index in [-0.39, 0.29) is 5.91 Å². The maximum absolute atomic E-state index is 12.1. The molecule has 0 aliphatic carbocycles. The normalized spacial score (nSPS) is 10.4. The largest absolute Gasteiger partial charge is 0.493 e. The molecule has 0 unspecified atom stereocenters. The van der Waals surface area contributed by atoms with Crippen LogP contribution in [0.5, 0.6) is 11.5 Å². The Balaban J connectivity index is 2.01. The number of ether oxygens (including phenoxy) is 2. The highest BCUT2D eigenvalue weighted by Crippen LogP contribution is 2.27. The first-order chi connectivity index (χ1) is 12.0. The van der Waals surface area contributed by atoms with Crippen LogP contribution in [-0.2, 0) is 6.54 Å². The van der Waals surface area contributed by atoms with Gasteiger partial charge >= 0.3 is 0 Å². The van der Waals surface area contributed by atoms with Crippen molar-refractivity contribution in [2.24, 2.45) is 5.92 Å². The standard InChI is InChI=1S/C18H24N4O3/c1-12(2)9-20-18(23)14-8-17(22-11-21-14)19-10-13-5-6-15(24-3)16(7-13)25-4/h5-8,11-12H,9-10H2,1-4H3,(H,20,23)(H,19,21,22). The van der Waals surface area contributed by atoms with Gasteiger partial charge < -0.3 is 20.1 Å². The Labute approximate surface area is 147 Å². The quantitative estimate of drug-likeness (QED) is 0.765. The molecule has 0 fully saturated rings. The van der Waals surface area contributed by atoms with Crippen LogP contribution in [0.2, 0.25) is 0 Å². The van der Waals surface area contributed by atoms with Crippen LogP contribution in [0.15, 0.2) is 30.6 Å². The van der Waals surface area contributed by atoms with Gasteiger partial charge in [-0.05, 0) is 23.6 Å². The maximum Gasteiger partial charge on any atom is 0.270 e. The molecular formula is C18H24N4O3. The summed E-state index contributed by atoms with van der Waals surface area (Å²) >= 11 is 0. The second-order valence-corrected chi connectivity index (χ2v) is 5.94. The van der Waals surface area contributed by atoms with E-state index < -0.39 is 0 Å². The number of nitrogens with zero attached hydrogens (tertiary/aromatic N) is 2. The highest BCUT2D eigenvalue weighted by Gasteiger charge is 2.09. The van der Waals surface area contributed by atoms with E-state index in [2.05, 4.69) is 20.6 Å². The molecular weight excluding hydrogens is 320 g/mol. The van der Waals surface area contributed by atoms with Crippen LogP contribution in [0.4, 0.5) is 5.82 Å². The number of anilines is 1. The van der Waals surface area contributed by atoms with Crippen LogP contribution >= 0.6 is 0 Å². The molecule has 134 valence electrons. The predicted molar refractivity (Wildman–Crippen MR) is 96.1 cm³/mol. The molecule has 2 N–H and O–H groups in total. The van der Waals surface area contributed by atoms with Crippen molar-refractivity contribution in [2.45, 2.75) is 20.4 Å². The molecule has 0 bridgehead atoms. The molecule has 1 aromatic carbocycles. The Kier molecular flexibility index (Phi) is 6.56. The van der Waals surface area contributed by atoms with E-state index in [1.165, 1.54) is 6.33 Å². The number of rotatable bonds is 8. The van der Waals surface area contributed by atoms with Gasteiger partial charge in [0.05, 0.1) is 14.2 Å². The summed E-state index contributed by atoms with van der Waals surface area (Å²) in [6.45, 7) is 5.22. The van der Waals surface area contributed by atoms with Crippen LogP contribution < -0.4 is 20.1 Å². The van der Waals surface area contributed by atoms with Crippen molar-refractivity contribution >= 4 is 11.7 Å². The third kappa shape index (κ3) is 5.34. The van der Waals surface area contributed by atoms with Crippen LogP contribution in [0.3, 0.4) is 0 Å². The first-order valence-corrected chi connectivity index (χ1v) is 8.08. The zero-order valence-electron chi connectivity index (χ0n) is 15.0. The second kappa shape index (κ2) is 8.86. The number of carbonyl (C=O) groups excluding carboxylic acids is 1. The van der Waals surface area contributed by atoms with Gasteiger partial charge in [-0.1, -0.05) is 19.9 Å². The molecule has 0 radical (unpaired) electrons. The molecule has 0 spiro atoms. The highest BCUT2D eigenvalue weighted by molar-refractivity contribution is 5.92. The first kappa shape index (κ1) is 18.5. The molecule has 2 aromatic rings. The summed E-state index contributed by atoms with van der Waals surface area (Å²) in [6.07, 6.45) is 1.38. The molecule has 7 heteroatoms. The van der Waals surface area contributed by atoms with Gasteiger partial charge in [0.2, 0.25) is 0 Å². The molecule has 1 aromatic heterocycles. The number of hydrogen-bond donors (Lipinski definition) is 2. The fourth-order valence-electron chi connectivity index (χ4n) is 2.15. The Hall–Kier alpha value is -2.83. The van der Waals surface area contributed by atoms with Crippen molar-refractivity contribution in [1.82, 2.24) is 15.3 Å². The average Bonchev–Trinajstić information content (AvgIpc) is 2.64. The zero-order chi connectivity index (χ0) is 18.2. The van der Waals surface area contributed by atoms with Crippen molar-refractivity contribution in [3.8, 4) is 11.5 Å². The van der Waals surface area contributed by atoms with E-state index in [0.29, 0.717) is 42.0 Å². The molecule has 0 atom stereocenters. The van der Waals surface area contributed by atoms with Gasteiger partial charge in [0.1, 0.15) is 17.8 Å². The summed E-state index contributed by atoms with van der Waals surface area (Å²) in [5.74, 6) is 2.11. The monoisotopic (exact) mass is 344 g/mol. The van der Waals surface area contributed by atoms with Crippen LogP contribution in [0.25, 0.3) is 0 Å². The van der Waals surface area contributed by atoms with Gasteiger partial charge in [-0.15, -0.1) is 0 Å². The van der Waals surface area contributed by atoms with Gasteiger partial charge in [0.25, 0.3) is 5.91 Å². The minimum Gasteiger partial charge on any atom is -0.493 e. The predicted octanol–water partition coefficient (Wildman–Crippen LogP) is 2.49. The number of benzene rings is 1. The molecule has 1 heterocycles. The van der Waals surface area contributed by atoms with E-state index in [9.17, 15) is 4.79 Å². The number of carbonyl (C=O) groups is 1. The Morgan fingerprint density at radius 1 is 1.12 bits per heavy atom. The summed E-state index contributed by atoms with van der Waals surface area (Å²) in [7, 11) is 3.20. The van der Waals surface area contributed by atoms with Gasteiger partial charge in [0.15, 0.2) is 11.5 Å². The summed E-state index contributed by atoms with van der Waals surface area (Å²) < 4.78 is 10.5. The molecule has 7 nitrogen and oxygen atoms in total. The molecule has 25 heavy (non-hydrogen) atoms. The number of nitrogens with one attached hydrogen (secondary N) is 2. The maximum atomic E-state index is 12.1. The lowest BCUT2D eigenvalue weighted by Crippen LogP contribution is -2.28. The van der Waals surface area contributed by atoms with Gasteiger partial charge in [0, 0.05) is 19.2 Å². The summed E-state index contributed by atoms with van der Waals surface area (Å²) in [5.41, 5.74) is 1.34. The fraction of sp³-hybridized carbons (Fsp3) is 0.389. The van der Waals surface area contributed by atoms with Crippen molar-refractivity contribution in [2.75, 3.05) is 26.1 Å². The van der Waals surface area contributed by atoms with Gasteiger partial charge in [-0.3, -0.25) is 4.79 Å². The van der Waals surface area contributed by atoms with Crippen LogP contribution in [0.1, 0.15) is 29.9 Å². The summed E-state index contributed by atoms with van der Waals surface area (Å²) in [5, 5.41) is 6.02. The lowest BCUT2D eigenvalue weighted by molar-refractivity contribution is 0.0944. The molecule has 1 amide bonds. The molecule has 0 aliphatic rings. The SMILES string of the molecule is COc1ccc(CNc2cc(C(=O)NCC(C)C)ncn2)cc1OC. The van der Waals surface area contributed by atoms with Gasteiger partial charge in [-0.2, -0.15) is 0 Å². The molecule has 0 aliphatic heterocycles. The van der Waals surface area contributed by atoms with Crippen molar-refractivity contribution in [1.29, 1.82) is 0 Å². The van der Waals surface area contributed by atoms with E-state index in [1.807, 2.05) is 32.0 Å². The van der Waals surface area contributed by atoms with Crippen molar-refractivity contribution < 1.29 is 14.3 Å². The lowest BCUT2D eigenvalue weighted by atomic mass is 10.2.